The Balaban J connectivity index is 1.97. The maximum atomic E-state index is 12.2. The normalized spacial score (nSPS) is 20.9. The number of rotatable bonds is 2. The largest absolute Gasteiger partial charge is 0.310 e. The summed E-state index contributed by atoms with van der Waals surface area (Å²) in [4.78, 5) is 19.8. The molecule has 0 saturated heterocycles. The number of aromatic amines is 1. The molecular weight excluding hydrogens is 264 g/mol. The highest BCUT2D eigenvalue weighted by Gasteiger charge is 2.36. The van der Waals surface area contributed by atoms with Crippen molar-refractivity contribution in [2.45, 2.75) is 26.2 Å². The van der Waals surface area contributed by atoms with Crippen LogP contribution in [0, 0.1) is 12.8 Å². The highest BCUT2D eigenvalue weighted by molar-refractivity contribution is 5.75. The molecule has 0 bridgehead atoms. The molecule has 0 spiro atoms. The number of fused-ring (bicyclic) bond motifs is 1. The summed E-state index contributed by atoms with van der Waals surface area (Å²) in [5.74, 6) is 1.76. The number of nitrogens with one attached hydrogen (secondary N) is 1. The van der Waals surface area contributed by atoms with E-state index in [-0.39, 0.29) is 5.56 Å². The molecule has 4 rings (SSSR count). The van der Waals surface area contributed by atoms with Crippen molar-refractivity contribution in [3.05, 3.63) is 52.2 Å². The van der Waals surface area contributed by atoms with Crippen LogP contribution in [0.3, 0.4) is 0 Å². The molecule has 2 atom stereocenters. The second kappa shape index (κ2) is 4.28. The molecule has 1 aromatic carbocycles. The van der Waals surface area contributed by atoms with Crippen LogP contribution in [0.5, 0.6) is 0 Å². The average Bonchev–Trinajstić information content (AvgIpc) is 3.04. The van der Waals surface area contributed by atoms with Crippen LogP contribution in [0.1, 0.15) is 30.7 Å². The first-order chi connectivity index (χ1) is 10.1. The molecule has 106 valence electrons. The van der Waals surface area contributed by atoms with Crippen molar-refractivity contribution in [2.75, 3.05) is 0 Å². The molecule has 5 heteroatoms. The van der Waals surface area contributed by atoms with Crippen LogP contribution in [0.25, 0.3) is 16.7 Å². The van der Waals surface area contributed by atoms with Gasteiger partial charge in [-0.15, -0.1) is 0 Å². The van der Waals surface area contributed by atoms with Gasteiger partial charge in [0.25, 0.3) is 5.56 Å². The molecule has 1 N–H and O–H groups in total. The van der Waals surface area contributed by atoms with E-state index in [0.717, 1.165) is 23.5 Å². The van der Waals surface area contributed by atoms with Crippen molar-refractivity contribution in [1.29, 1.82) is 0 Å². The lowest BCUT2D eigenvalue weighted by atomic mass is 10.2. The van der Waals surface area contributed by atoms with Gasteiger partial charge in [0.1, 0.15) is 11.2 Å². The van der Waals surface area contributed by atoms with Gasteiger partial charge in [-0.25, -0.2) is 9.67 Å². The number of benzene rings is 1. The van der Waals surface area contributed by atoms with E-state index in [1.807, 2.05) is 31.2 Å². The fourth-order valence-corrected chi connectivity index (χ4v) is 2.79. The summed E-state index contributed by atoms with van der Waals surface area (Å²) >= 11 is 0. The summed E-state index contributed by atoms with van der Waals surface area (Å²) in [7, 11) is 0. The minimum Gasteiger partial charge on any atom is -0.310 e. The topological polar surface area (TPSA) is 63.6 Å². The van der Waals surface area contributed by atoms with Gasteiger partial charge in [-0.3, -0.25) is 4.79 Å². The van der Waals surface area contributed by atoms with Crippen molar-refractivity contribution in [2.24, 2.45) is 5.92 Å². The van der Waals surface area contributed by atoms with E-state index in [2.05, 4.69) is 22.0 Å². The Labute approximate surface area is 121 Å². The third kappa shape index (κ3) is 1.88. The van der Waals surface area contributed by atoms with Crippen LogP contribution in [-0.2, 0) is 0 Å². The number of aryl methyl sites for hydroxylation is 1. The summed E-state index contributed by atoms with van der Waals surface area (Å²) in [6, 6.07) is 7.97. The second-order valence-corrected chi connectivity index (χ2v) is 5.85. The predicted octanol–water partition coefficient (Wildman–Crippen LogP) is 2.54. The van der Waals surface area contributed by atoms with Crippen molar-refractivity contribution >= 4 is 11.0 Å². The Morgan fingerprint density at radius 1 is 1.33 bits per heavy atom. The van der Waals surface area contributed by atoms with Gasteiger partial charge in [-0.1, -0.05) is 25.1 Å². The molecule has 0 amide bonds. The molecule has 2 aromatic heterocycles. The zero-order valence-corrected chi connectivity index (χ0v) is 12.0. The predicted molar refractivity (Wildman–Crippen MR) is 80.7 cm³/mol. The summed E-state index contributed by atoms with van der Waals surface area (Å²) in [6.45, 7) is 4.20. The van der Waals surface area contributed by atoms with E-state index < -0.39 is 0 Å². The molecule has 3 aromatic rings. The molecule has 1 aliphatic rings. The first-order valence-electron chi connectivity index (χ1n) is 7.19. The Bertz CT molecular complexity index is 893. The third-order valence-electron chi connectivity index (χ3n) is 4.26. The molecule has 1 aliphatic carbocycles. The van der Waals surface area contributed by atoms with Crippen LogP contribution >= 0.6 is 0 Å². The first kappa shape index (κ1) is 12.3. The lowest BCUT2D eigenvalue weighted by Gasteiger charge is -2.07. The minimum atomic E-state index is -0.103. The zero-order chi connectivity index (χ0) is 14.6. The number of nitrogens with zero attached hydrogens (tertiary/aromatic N) is 3. The third-order valence-corrected chi connectivity index (χ3v) is 4.26. The van der Waals surface area contributed by atoms with Gasteiger partial charge in [-0.2, -0.15) is 5.10 Å². The number of hydrogen-bond donors (Lipinski definition) is 1. The Morgan fingerprint density at radius 2 is 2.10 bits per heavy atom. The van der Waals surface area contributed by atoms with Crippen molar-refractivity contribution in [1.82, 2.24) is 19.7 Å². The van der Waals surface area contributed by atoms with Crippen LogP contribution in [-0.4, -0.2) is 19.7 Å². The molecule has 1 saturated carbocycles. The van der Waals surface area contributed by atoms with Crippen molar-refractivity contribution in [3.8, 4) is 5.69 Å². The van der Waals surface area contributed by atoms with Gasteiger partial charge in [0.2, 0.25) is 0 Å². The monoisotopic (exact) mass is 280 g/mol. The molecule has 0 radical (unpaired) electrons. The molecular formula is C16H16N4O. The van der Waals surface area contributed by atoms with Crippen LogP contribution < -0.4 is 5.56 Å². The van der Waals surface area contributed by atoms with Gasteiger partial charge in [0.15, 0.2) is 5.65 Å². The maximum Gasteiger partial charge on any atom is 0.262 e. The Hall–Kier alpha value is -2.43. The SMILES string of the molecule is Cc1ccccc1-n1ncc2c(=O)[nH]c(C3CC3C)nc21. The lowest BCUT2D eigenvalue weighted by Crippen LogP contribution is -2.12. The van der Waals surface area contributed by atoms with Gasteiger partial charge < -0.3 is 4.98 Å². The number of aromatic nitrogens is 4. The van der Waals surface area contributed by atoms with E-state index in [9.17, 15) is 4.79 Å². The minimum absolute atomic E-state index is 0.103. The molecule has 2 heterocycles. The standard InChI is InChI=1S/C16H16N4O/c1-9-5-3-4-6-13(9)20-15-12(8-17-20)16(21)19-14(18-15)11-7-10(11)2/h3-6,8,10-11H,7H2,1-2H3,(H,18,19,21). The van der Waals surface area contributed by atoms with E-state index in [4.69, 9.17) is 0 Å². The molecule has 0 aliphatic heterocycles. The summed E-state index contributed by atoms with van der Waals surface area (Å²) in [6.07, 6.45) is 2.68. The van der Waals surface area contributed by atoms with E-state index in [1.165, 1.54) is 0 Å². The van der Waals surface area contributed by atoms with Crippen LogP contribution in [0.4, 0.5) is 0 Å². The summed E-state index contributed by atoms with van der Waals surface area (Å²) < 4.78 is 1.76. The zero-order valence-electron chi connectivity index (χ0n) is 12.0. The summed E-state index contributed by atoms with van der Waals surface area (Å²) in [5, 5.41) is 4.90. The smallest absolute Gasteiger partial charge is 0.262 e. The van der Waals surface area contributed by atoms with E-state index >= 15 is 0 Å². The fourth-order valence-electron chi connectivity index (χ4n) is 2.79. The van der Waals surface area contributed by atoms with Gasteiger partial charge in [0, 0.05) is 5.92 Å². The quantitative estimate of drug-likeness (QED) is 0.784. The molecule has 5 nitrogen and oxygen atoms in total. The highest BCUT2D eigenvalue weighted by atomic mass is 16.1. The maximum absolute atomic E-state index is 12.2. The number of hydrogen-bond acceptors (Lipinski definition) is 3. The van der Waals surface area contributed by atoms with Gasteiger partial charge in [0.05, 0.1) is 11.9 Å². The van der Waals surface area contributed by atoms with E-state index in [0.29, 0.717) is 22.9 Å². The second-order valence-electron chi connectivity index (χ2n) is 5.85. The highest BCUT2D eigenvalue weighted by Crippen LogP contribution is 2.45. The fraction of sp³-hybridized carbons (Fsp3) is 0.312. The number of para-hydroxylation sites is 1. The Morgan fingerprint density at radius 3 is 2.81 bits per heavy atom. The lowest BCUT2D eigenvalue weighted by molar-refractivity contribution is 0.827. The van der Waals surface area contributed by atoms with Gasteiger partial charge in [-0.05, 0) is 30.9 Å². The van der Waals surface area contributed by atoms with Crippen molar-refractivity contribution < 1.29 is 0 Å². The van der Waals surface area contributed by atoms with Gasteiger partial charge >= 0.3 is 0 Å². The molecule has 21 heavy (non-hydrogen) atoms. The molecule has 1 fully saturated rings. The number of H-pyrrole nitrogens is 1. The average molecular weight is 280 g/mol. The first-order valence-corrected chi connectivity index (χ1v) is 7.19. The van der Waals surface area contributed by atoms with Crippen LogP contribution in [0.2, 0.25) is 0 Å². The van der Waals surface area contributed by atoms with E-state index in [1.54, 1.807) is 10.9 Å². The molecule has 2 unspecified atom stereocenters. The van der Waals surface area contributed by atoms with Crippen LogP contribution in [0.15, 0.2) is 35.3 Å². The van der Waals surface area contributed by atoms with Crippen molar-refractivity contribution in [3.63, 3.8) is 0 Å². The Kier molecular flexibility index (Phi) is 2.51. The summed E-state index contributed by atoms with van der Waals surface area (Å²) in [5.41, 5.74) is 2.60.